The minimum atomic E-state index is -0.816. The van der Waals surface area contributed by atoms with Crippen LogP contribution in [0.5, 0.6) is 0 Å². The summed E-state index contributed by atoms with van der Waals surface area (Å²) in [5.74, 6) is 0.550. The second kappa shape index (κ2) is 5.07. The van der Waals surface area contributed by atoms with Crippen LogP contribution < -0.4 is 5.32 Å². The molecule has 1 amide bonds. The van der Waals surface area contributed by atoms with E-state index in [1.807, 2.05) is 0 Å². The van der Waals surface area contributed by atoms with Crippen molar-refractivity contribution in [3.05, 3.63) is 17.0 Å². The molecule has 18 heavy (non-hydrogen) atoms. The van der Waals surface area contributed by atoms with E-state index in [0.29, 0.717) is 17.0 Å². The number of aryl methyl sites for hydroxylation is 1. The Labute approximate surface area is 105 Å². The molecule has 0 aliphatic heterocycles. The van der Waals surface area contributed by atoms with Crippen molar-refractivity contribution in [3.8, 4) is 0 Å². The number of hydrogen-bond acceptors (Lipinski definition) is 5. The average Bonchev–Trinajstić information content (AvgIpc) is 3.09. The lowest BCUT2D eigenvalue weighted by molar-refractivity contribution is 0.0756. The fraction of sp³-hybridized carbons (Fsp3) is 0.667. The Hall–Kier alpha value is -1.40. The fourth-order valence-electron chi connectivity index (χ4n) is 1.85. The fourth-order valence-corrected chi connectivity index (χ4v) is 1.85. The van der Waals surface area contributed by atoms with Crippen LogP contribution in [0, 0.1) is 6.92 Å². The lowest BCUT2D eigenvalue weighted by atomic mass is 10.1. The zero-order valence-corrected chi connectivity index (χ0v) is 10.5. The predicted octanol–water partition coefficient (Wildman–Crippen LogP) is 0.332. The quantitative estimate of drug-likeness (QED) is 0.704. The van der Waals surface area contributed by atoms with E-state index in [-0.39, 0.29) is 18.4 Å². The average molecular weight is 254 g/mol. The van der Waals surface area contributed by atoms with Gasteiger partial charge in [0.25, 0.3) is 5.91 Å². The molecule has 1 aromatic heterocycles. The van der Waals surface area contributed by atoms with Crippen molar-refractivity contribution < 1.29 is 19.5 Å². The van der Waals surface area contributed by atoms with Gasteiger partial charge in [0.1, 0.15) is 5.56 Å². The molecule has 1 fully saturated rings. The summed E-state index contributed by atoms with van der Waals surface area (Å²) in [5, 5.41) is 24.9. The third kappa shape index (κ3) is 2.54. The summed E-state index contributed by atoms with van der Waals surface area (Å²) >= 11 is 0. The van der Waals surface area contributed by atoms with Gasteiger partial charge in [-0.1, -0.05) is 5.16 Å². The van der Waals surface area contributed by atoms with Crippen LogP contribution in [0.15, 0.2) is 4.52 Å². The van der Waals surface area contributed by atoms with Crippen molar-refractivity contribution in [2.75, 3.05) is 6.61 Å². The molecule has 0 bridgehead atoms. The highest BCUT2D eigenvalue weighted by Crippen LogP contribution is 2.42. The van der Waals surface area contributed by atoms with Gasteiger partial charge >= 0.3 is 0 Å². The Bertz CT molecular complexity index is 437. The van der Waals surface area contributed by atoms with E-state index in [1.165, 1.54) is 6.92 Å². The maximum Gasteiger partial charge on any atom is 0.257 e. The molecule has 0 saturated heterocycles. The Kier molecular flexibility index (Phi) is 3.68. The minimum Gasteiger partial charge on any atom is -0.394 e. The summed E-state index contributed by atoms with van der Waals surface area (Å²) < 4.78 is 5.18. The highest BCUT2D eigenvalue weighted by Gasteiger charge is 2.34. The van der Waals surface area contributed by atoms with Crippen LogP contribution >= 0.6 is 0 Å². The Morgan fingerprint density at radius 2 is 2.28 bits per heavy atom. The maximum atomic E-state index is 12.1. The first kappa shape index (κ1) is 13.0. The second-order valence-electron chi connectivity index (χ2n) is 4.78. The number of nitrogens with one attached hydrogen (secondary N) is 1. The summed E-state index contributed by atoms with van der Waals surface area (Å²) in [6.45, 7) is 2.91. The molecule has 1 heterocycles. The molecule has 1 saturated carbocycles. The van der Waals surface area contributed by atoms with Gasteiger partial charge in [-0.15, -0.1) is 0 Å². The Morgan fingerprint density at radius 1 is 1.61 bits per heavy atom. The number of hydrogen-bond donors (Lipinski definition) is 3. The normalized spacial score (nSPS) is 18.4. The van der Waals surface area contributed by atoms with E-state index >= 15 is 0 Å². The predicted molar refractivity (Wildman–Crippen MR) is 63.2 cm³/mol. The number of aliphatic hydroxyl groups is 2. The van der Waals surface area contributed by atoms with Crippen molar-refractivity contribution in [1.82, 2.24) is 10.5 Å². The summed E-state index contributed by atoms with van der Waals surface area (Å²) in [6.07, 6.45) is 1.20. The molecule has 6 nitrogen and oxygen atoms in total. The van der Waals surface area contributed by atoms with Crippen LogP contribution in [0.25, 0.3) is 0 Å². The highest BCUT2D eigenvalue weighted by molar-refractivity contribution is 5.96. The molecular weight excluding hydrogens is 236 g/mol. The van der Waals surface area contributed by atoms with Crippen LogP contribution in [0.3, 0.4) is 0 Å². The van der Waals surface area contributed by atoms with Gasteiger partial charge in [-0.2, -0.15) is 0 Å². The van der Waals surface area contributed by atoms with E-state index < -0.39 is 12.1 Å². The minimum absolute atomic E-state index is 0.283. The van der Waals surface area contributed by atoms with Crippen molar-refractivity contribution in [2.24, 2.45) is 0 Å². The molecule has 6 heteroatoms. The Balaban J connectivity index is 2.15. The van der Waals surface area contributed by atoms with Gasteiger partial charge in [0, 0.05) is 5.92 Å². The van der Waals surface area contributed by atoms with Crippen LogP contribution in [0.2, 0.25) is 0 Å². The number of amides is 1. The van der Waals surface area contributed by atoms with E-state index in [0.717, 1.165) is 12.8 Å². The summed E-state index contributed by atoms with van der Waals surface area (Å²) in [4.78, 5) is 12.1. The van der Waals surface area contributed by atoms with Crippen LogP contribution in [-0.4, -0.2) is 40.0 Å². The molecule has 3 N–H and O–H groups in total. The molecule has 2 atom stereocenters. The highest BCUT2D eigenvalue weighted by atomic mass is 16.5. The van der Waals surface area contributed by atoms with Crippen LogP contribution in [0.1, 0.15) is 47.5 Å². The third-order valence-corrected chi connectivity index (χ3v) is 3.16. The largest absolute Gasteiger partial charge is 0.394 e. The van der Waals surface area contributed by atoms with E-state index in [9.17, 15) is 9.90 Å². The van der Waals surface area contributed by atoms with Gasteiger partial charge in [0.05, 0.1) is 24.4 Å². The lowest BCUT2D eigenvalue weighted by Gasteiger charge is -2.18. The molecule has 0 spiro atoms. The zero-order valence-electron chi connectivity index (χ0n) is 10.5. The van der Waals surface area contributed by atoms with Crippen LogP contribution in [0.4, 0.5) is 0 Å². The number of nitrogens with zero attached hydrogens (tertiary/aromatic N) is 1. The van der Waals surface area contributed by atoms with Gasteiger partial charge in [-0.05, 0) is 26.7 Å². The topological polar surface area (TPSA) is 95.6 Å². The molecule has 1 aromatic rings. The summed E-state index contributed by atoms with van der Waals surface area (Å²) in [7, 11) is 0. The van der Waals surface area contributed by atoms with E-state index in [4.69, 9.17) is 9.63 Å². The van der Waals surface area contributed by atoms with Gasteiger partial charge < -0.3 is 20.1 Å². The van der Waals surface area contributed by atoms with Gasteiger partial charge in [-0.25, -0.2) is 0 Å². The molecular formula is C12H18N2O4. The molecule has 1 aliphatic rings. The van der Waals surface area contributed by atoms with Gasteiger partial charge in [0.15, 0.2) is 5.76 Å². The molecule has 100 valence electrons. The first-order valence-corrected chi connectivity index (χ1v) is 6.10. The number of carbonyl (C=O) groups excluding carboxylic acids is 1. The second-order valence-corrected chi connectivity index (χ2v) is 4.78. The number of carbonyl (C=O) groups is 1. The van der Waals surface area contributed by atoms with Crippen molar-refractivity contribution >= 4 is 5.91 Å². The first-order valence-electron chi connectivity index (χ1n) is 6.10. The molecule has 1 aliphatic carbocycles. The first-order chi connectivity index (χ1) is 8.54. The summed E-state index contributed by atoms with van der Waals surface area (Å²) in [5.41, 5.74) is 0.980. The standard InChI is InChI=1S/C12H18N2O4/c1-6-10(11(18-14-6)8-3-4-8)12(17)13-9(5-15)7(2)16/h7-9,15-16H,3-5H2,1-2H3,(H,13,17)/t7-,9-/m1/s1. The monoisotopic (exact) mass is 254 g/mol. The van der Waals surface area contributed by atoms with Crippen LogP contribution in [-0.2, 0) is 0 Å². The van der Waals surface area contributed by atoms with Gasteiger partial charge in [0.2, 0.25) is 0 Å². The molecule has 2 rings (SSSR count). The van der Waals surface area contributed by atoms with Crippen molar-refractivity contribution in [2.45, 2.75) is 44.8 Å². The lowest BCUT2D eigenvalue weighted by Crippen LogP contribution is -2.44. The van der Waals surface area contributed by atoms with Crippen molar-refractivity contribution in [3.63, 3.8) is 0 Å². The van der Waals surface area contributed by atoms with E-state index in [1.54, 1.807) is 6.92 Å². The zero-order chi connectivity index (χ0) is 13.3. The molecule has 0 unspecified atom stereocenters. The van der Waals surface area contributed by atoms with Gasteiger partial charge in [-0.3, -0.25) is 4.79 Å². The number of rotatable bonds is 5. The Morgan fingerprint density at radius 3 is 2.78 bits per heavy atom. The molecule has 0 aromatic carbocycles. The van der Waals surface area contributed by atoms with E-state index in [2.05, 4.69) is 10.5 Å². The third-order valence-electron chi connectivity index (χ3n) is 3.16. The maximum absolute atomic E-state index is 12.1. The SMILES string of the molecule is Cc1noc(C2CC2)c1C(=O)N[C@H](CO)[C@@H](C)O. The number of aromatic nitrogens is 1. The smallest absolute Gasteiger partial charge is 0.257 e. The molecule has 0 radical (unpaired) electrons. The van der Waals surface area contributed by atoms with Crippen molar-refractivity contribution in [1.29, 1.82) is 0 Å². The summed E-state index contributed by atoms with van der Waals surface area (Å²) in [6, 6.07) is -0.682. The number of aliphatic hydroxyl groups excluding tert-OH is 2.